The van der Waals surface area contributed by atoms with Crippen LogP contribution in [0, 0.1) is 0 Å². The molecule has 0 amide bonds. The molecule has 0 aliphatic carbocycles. The Balaban J connectivity index is 1.50. The lowest BCUT2D eigenvalue weighted by molar-refractivity contribution is 0.0677. The molecule has 2 heterocycles. The number of rotatable bonds is 8. The van der Waals surface area contributed by atoms with Crippen molar-refractivity contribution < 1.29 is 5.11 Å². The Bertz CT molecular complexity index is 840. The minimum absolute atomic E-state index is 0.296. The Hall–Kier alpha value is -2.16. The van der Waals surface area contributed by atoms with E-state index in [0.29, 0.717) is 19.0 Å². The monoisotopic (exact) mass is 403 g/mol. The zero-order valence-electron chi connectivity index (χ0n) is 15.5. The van der Waals surface area contributed by atoms with E-state index in [1.54, 1.807) is 29.6 Å². The van der Waals surface area contributed by atoms with Gasteiger partial charge in [0.25, 0.3) is 0 Å². The van der Waals surface area contributed by atoms with Crippen molar-refractivity contribution in [2.75, 3.05) is 31.5 Å². The van der Waals surface area contributed by atoms with Crippen LogP contribution in [-0.4, -0.2) is 42.2 Å². The first-order valence-corrected chi connectivity index (χ1v) is 10.7. The van der Waals surface area contributed by atoms with Crippen molar-refractivity contribution in [3.63, 3.8) is 0 Å². The van der Waals surface area contributed by atoms with Gasteiger partial charge in [-0.05, 0) is 48.4 Å². The van der Waals surface area contributed by atoms with Crippen molar-refractivity contribution in [2.24, 2.45) is 4.99 Å². The van der Waals surface area contributed by atoms with E-state index in [1.165, 1.54) is 4.70 Å². The average molecular weight is 404 g/mol. The van der Waals surface area contributed by atoms with Crippen LogP contribution >= 0.6 is 22.7 Å². The number of thiophene rings is 1. The van der Waals surface area contributed by atoms with Crippen LogP contribution in [0.4, 0.5) is 5.13 Å². The highest BCUT2D eigenvalue weighted by atomic mass is 32.1. The van der Waals surface area contributed by atoms with E-state index in [9.17, 15) is 5.11 Å². The quantitative estimate of drug-likeness (QED) is 0.264. The number of hydrogen-bond donors (Lipinski definition) is 4. The lowest BCUT2D eigenvalue weighted by Gasteiger charge is -2.21. The second-order valence-electron chi connectivity index (χ2n) is 6.32. The molecule has 1 atom stereocenters. The molecule has 0 aliphatic rings. The van der Waals surface area contributed by atoms with E-state index >= 15 is 0 Å². The summed E-state index contributed by atoms with van der Waals surface area (Å²) in [5.41, 5.74) is 0.940. The second kappa shape index (κ2) is 9.16. The molecule has 27 heavy (non-hydrogen) atoms. The summed E-state index contributed by atoms with van der Waals surface area (Å²) in [7, 11) is 0. The van der Waals surface area contributed by atoms with Gasteiger partial charge in [-0.15, -0.1) is 0 Å². The number of guanidine groups is 1. The molecule has 1 aromatic carbocycles. The standard InChI is InChI=1S/C19H25N5OS2/c1-3-20-17(23-13-19(2,25)14-8-11-26-12-14)21-9-10-22-18-24-15-6-4-5-7-16(15)27-18/h4-8,11-12,25H,3,9-10,13H2,1-2H3,(H,22,24)(H2,20,21,23). The molecule has 0 saturated heterocycles. The summed E-state index contributed by atoms with van der Waals surface area (Å²) in [5.74, 6) is 0.694. The number of hydrogen-bond acceptors (Lipinski definition) is 6. The van der Waals surface area contributed by atoms with Crippen molar-refractivity contribution >= 4 is 44.0 Å². The third-order valence-corrected chi connectivity index (χ3v) is 5.70. The molecule has 8 heteroatoms. The number of nitrogens with zero attached hydrogens (tertiary/aromatic N) is 2. The summed E-state index contributed by atoms with van der Waals surface area (Å²) in [5, 5.41) is 25.3. The zero-order chi connectivity index (χ0) is 19.1. The number of aliphatic imine (C=N–C) groups is 1. The Labute approximate surface area is 167 Å². The maximum atomic E-state index is 10.6. The fraction of sp³-hybridized carbons (Fsp3) is 0.368. The predicted octanol–water partition coefficient (Wildman–Crippen LogP) is 3.23. The first kappa shape index (κ1) is 19.6. The third kappa shape index (κ3) is 5.41. The molecular weight excluding hydrogens is 378 g/mol. The number of fused-ring (bicyclic) bond motifs is 1. The van der Waals surface area contributed by atoms with E-state index in [-0.39, 0.29) is 0 Å². The lowest BCUT2D eigenvalue weighted by atomic mass is 10.00. The fourth-order valence-electron chi connectivity index (χ4n) is 2.54. The first-order valence-electron chi connectivity index (χ1n) is 8.95. The maximum Gasteiger partial charge on any atom is 0.191 e. The second-order valence-corrected chi connectivity index (χ2v) is 8.13. The van der Waals surface area contributed by atoms with Crippen LogP contribution in [0.5, 0.6) is 0 Å². The molecule has 3 aromatic rings. The van der Waals surface area contributed by atoms with Crippen LogP contribution in [0.25, 0.3) is 10.2 Å². The summed E-state index contributed by atoms with van der Waals surface area (Å²) in [6.45, 7) is 6.29. The molecule has 144 valence electrons. The Morgan fingerprint density at radius 1 is 1.22 bits per heavy atom. The predicted molar refractivity (Wildman–Crippen MR) is 116 cm³/mol. The van der Waals surface area contributed by atoms with Crippen LogP contribution in [-0.2, 0) is 5.60 Å². The van der Waals surface area contributed by atoms with Gasteiger partial charge in [0.1, 0.15) is 5.60 Å². The third-order valence-electron chi connectivity index (χ3n) is 4.02. The largest absolute Gasteiger partial charge is 0.383 e. The highest BCUT2D eigenvalue weighted by Gasteiger charge is 2.23. The molecule has 2 aromatic heterocycles. The molecule has 0 aliphatic heterocycles. The Morgan fingerprint density at radius 3 is 2.81 bits per heavy atom. The average Bonchev–Trinajstić information content (AvgIpc) is 3.32. The van der Waals surface area contributed by atoms with Gasteiger partial charge in [-0.1, -0.05) is 23.5 Å². The molecule has 0 bridgehead atoms. The summed E-state index contributed by atoms with van der Waals surface area (Å²) in [6.07, 6.45) is 0. The van der Waals surface area contributed by atoms with Gasteiger partial charge in [0.15, 0.2) is 11.1 Å². The number of nitrogens with one attached hydrogen (secondary N) is 3. The fourth-order valence-corrected chi connectivity index (χ4v) is 4.21. The van der Waals surface area contributed by atoms with E-state index in [0.717, 1.165) is 29.3 Å². The lowest BCUT2D eigenvalue weighted by Crippen LogP contribution is -2.40. The Kier molecular flexibility index (Phi) is 6.65. The maximum absolute atomic E-state index is 10.6. The van der Waals surface area contributed by atoms with Crippen molar-refractivity contribution in [3.8, 4) is 0 Å². The van der Waals surface area contributed by atoms with Crippen LogP contribution in [0.1, 0.15) is 19.4 Å². The highest BCUT2D eigenvalue weighted by molar-refractivity contribution is 7.22. The molecule has 4 N–H and O–H groups in total. The van der Waals surface area contributed by atoms with Crippen molar-refractivity contribution in [3.05, 3.63) is 46.7 Å². The normalized spacial score (nSPS) is 14.1. The van der Waals surface area contributed by atoms with Crippen molar-refractivity contribution in [1.82, 2.24) is 15.6 Å². The summed E-state index contributed by atoms with van der Waals surface area (Å²) >= 11 is 3.22. The Morgan fingerprint density at radius 2 is 2.07 bits per heavy atom. The number of aromatic nitrogens is 1. The molecule has 0 radical (unpaired) electrons. The number of para-hydroxylation sites is 1. The molecular formula is C19H25N5OS2. The summed E-state index contributed by atoms with van der Waals surface area (Å²) in [4.78, 5) is 9.09. The van der Waals surface area contributed by atoms with Crippen LogP contribution in [0.3, 0.4) is 0 Å². The number of benzene rings is 1. The molecule has 6 nitrogen and oxygen atoms in total. The molecule has 0 spiro atoms. The van der Waals surface area contributed by atoms with Gasteiger partial charge >= 0.3 is 0 Å². The molecule has 3 rings (SSSR count). The number of thiazole rings is 1. The van der Waals surface area contributed by atoms with E-state index in [4.69, 9.17) is 0 Å². The zero-order valence-corrected chi connectivity index (χ0v) is 17.2. The van der Waals surface area contributed by atoms with Gasteiger partial charge in [0.05, 0.1) is 16.8 Å². The van der Waals surface area contributed by atoms with E-state index in [2.05, 4.69) is 32.0 Å². The van der Waals surface area contributed by atoms with Gasteiger partial charge < -0.3 is 21.1 Å². The summed E-state index contributed by atoms with van der Waals surface area (Å²) < 4.78 is 1.18. The van der Waals surface area contributed by atoms with Crippen LogP contribution in [0.15, 0.2) is 46.1 Å². The van der Waals surface area contributed by atoms with Gasteiger partial charge in [-0.2, -0.15) is 11.3 Å². The van der Waals surface area contributed by atoms with Crippen LogP contribution < -0.4 is 16.0 Å². The molecule has 1 unspecified atom stereocenters. The van der Waals surface area contributed by atoms with Gasteiger partial charge in [-0.25, -0.2) is 9.98 Å². The van der Waals surface area contributed by atoms with E-state index < -0.39 is 5.60 Å². The van der Waals surface area contributed by atoms with Gasteiger partial charge in [0.2, 0.25) is 0 Å². The summed E-state index contributed by atoms with van der Waals surface area (Å²) in [6, 6.07) is 10.0. The minimum Gasteiger partial charge on any atom is -0.383 e. The van der Waals surface area contributed by atoms with E-state index in [1.807, 2.05) is 41.9 Å². The van der Waals surface area contributed by atoms with Gasteiger partial charge in [0, 0.05) is 19.6 Å². The van der Waals surface area contributed by atoms with Gasteiger partial charge in [-0.3, -0.25) is 0 Å². The van der Waals surface area contributed by atoms with Crippen molar-refractivity contribution in [2.45, 2.75) is 19.4 Å². The van der Waals surface area contributed by atoms with Crippen molar-refractivity contribution in [1.29, 1.82) is 0 Å². The topological polar surface area (TPSA) is 81.6 Å². The smallest absolute Gasteiger partial charge is 0.191 e. The number of anilines is 1. The highest BCUT2D eigenvalue weighted by Crippen LogP contribution is 2.25. The number of aliphatic hydroxyl groups is 1. The minimum atomic E-state index is -0.971. The van der Waals surface area contributed by atoms with Crippen LogP contribution in [0.2, 0.25) is 0 Å². The first-order chi connectivity index (χ1) is 13.1. The molecule has 0 fully saturated rings. The SMILES string of the molecule is CCNC(=NCC(C)(O)c1ccsc1)NCCNc1nc2ccccc2s1. The molecule has 0 saturated carbocycles.